The Morgan fingerprint density at radius 2 is 1.35 bits per heavy atom. The van der Waals surface area contributed by atoms with Crippen LogP contribution in [0.25, 0.3) is 0 Å². The van der Waals surface area contributed by atoms with Crippen LogP contribution in [-0.2, 0) is 0 Å². The first kappa shape index (κ1) is 34.8. The van der Waals surface area contributed by atoms with Crippen molar-refractivity contribution in [2.45, 2.75) is 106 Å². The topological polar surface area (TPSA) is 122 Å². The Balaban J connectivity index is 0.000000250. The van der Waals surface area contributed by atoms with Gasteiger partial charge in [-0.25, -0.2) is 5.01 Å². The molecule has 0 aliphatic carbocycles. The van der Waals surface area contributed by atoms with E-state index in [1.165, 1.54) is 13.0 Å². The molecule has 0 atom stereocenters. The summed E-state index contributed by atoms with van der Waals surface area (Å²) in [6.45, 7) is 25.4. The van der Waals surface area contributed by atoms with Crippen LogP contribution in [0.1, 0.15) is 93.8 Å². The highest BCUT2D eigenvalue weighted by Gasteiger charge is 2.12. The highest BCUT2D eigenvalue weighted by molar-refractivity contribution is 4.79. The van der Waals surface area contributed by atoms with Gasteiger partial charge in [-0.2, -0.15) is 10.2 Å². The van der Waals surface area contributed by atoms with E-state index >= 15 is 0 Å². The van der Waals surface area contributed by atoms with E-state index in [-0.39, 0.29) is 0 Å². The van der Waals surface area contributed by atoms with Crippen molar-refractivity contribution in [2.75, 3.05) is 26.2 Å². The highest BCUT2D eigenvalue weighted by Crippen LogP contribution is 2.04. The Morgan fingerprint density at radius 3 is 1.60 bits per heavy atom. The van der Waals surface area contributed by atoms with Crippen LogP contribution >= 0.6 is 0 Å². The second-order valence-electron chi connectivity index (χ2n) is 10.8. The number of hydrazine groups is 1. The standard InChI is InChI=1S/C6H14N2.C6H10N2.C5H9N3.C5H11N3.C5H9N3/c2*1-6(2)8-5-3-4-7-8;1-5(2)8-3-6-7-4-8;2*1-5(2)8-4-3-6-7-8/h6-7H,3-5H2,1-2H3;3-6H,1-2H3;3-5H,1-2H3;5H,3-4H2,1-2H3;3-5H,1-2H3. The summed E-state index contributed by atoms with van der Waals surface area (Å²) in [6, 6.07) is 4.51. The zero-order valence-electron chi connectivity index (χ0n) is 26.3. The van der Waals surface area contributed by atoms with E-state index in [1.807, 2.05) is 32.7 Å². The third-order valence-electron chi connectivity index (χ3n) is 5.77. The van der Waals surface area contributed by atoms with Gasteiger partial charge in [0.15, 0.2) is 0 Å². The van der Waals surface area contributed by atoms with Crippen LogP contribution in [0, 0.1) is 0 Å². The lowest BCUT2D eigenvalue weighted by molar-refractivity contribution is 0.200. The summed E-state index contributed by atoms with van der Waals surface area (Å²) in [7, 11) is 0. The van der Waals surface area contributed by atoms with Gasteiger partial charge in [0, 0.05) is 61.9 Å². The first-order valence-corrected chi connectivity index (χ1v) is 14.4. The van der Waals surface area contributed by atoms with Gasteiger partial charge in [-0.1, -0.05) is 10.4 Å². The van der Waals surface area contributed by atoms with Crippen LogP contribution in [0.5, 0.6) is 0 Å². The first-order chi connectivity index (χ1) is 19.0. The van der Waals surface area contributed by atoms with E-state index in [0.29, 0.717) is 30.2 Å². The molecule has 226 valence electrons. The Bertz CT molecular complexity index is 865. The fourth-order valence-corrected chi connectivity index (χ4v) is 3.23. The lowest BCUT2D eigenvalue weighted by Gasteiger charge is -2.18. The average molecular weight is 560 g/mol. The Morgan fingerprint density at radius 1 is 0.675 bits per heavy atom. The maximum atomic E-state index is 4.03. The monoisotopic (exact) mass is 559 g/mol. The molecule has 0 bridgehead atoms. The summed E-state index contributed by atoms with van der Waals surface area (Å²) in [6.07, 6.45) is 12.0. The molecule has 0 radical (unpaired) electrons. The van der Waals surface area contributed by atoms with Crippen molar-refractivity contribution in [1.29, 1.82) is 0 Å². The highest BCUT2D eigenvalue weighted by atomic mass is 15.6. The lowest BCUT2D eigenvalue weighted by atomic mass is 10.4. The predicted molar refractivity (Wildman–Crippen MR) is 159 cm³/mol. The molecule has 1 N–H and O–H groups in total. The van der Waals surface area contributed by atoms with Gasteiger partial charge in [0.05, 0.1) is 19.3 Å². The van der Waals surface area contributed by atoms with E-state index in [0.717, 1.165) is 19.6 Å². The molecule has 1 saturated heterocycles. The molecule has 1 fully saturated rings. The molecule has 3 aromatic heterocycles. The number of nitrogens with zero attached hydrogens (tertiary/aromatic N) is 12. The zero-order chi connectivity index (χ0) is 29.9. The molecular weight excluding hydrogens is 506 g/mol. The van der Waals surface area contributed by atoms with Gasteiger partial charge in [0.2, 0.25) is 0 Å². The minimum Gasteiger partial charge on any atom is -0.318 e. The second kappa shape index (κ2) is 19.8. The molecular formula is C27H53N13. The van der Waals surface area contributed by atoms with Crippen molar-refractivity contribution in [1.82, 2.24) is 55.0 Å². The maximum absolute atomic E-state index is 4.03. The van der Waals surface area contributed by atoms with Crippen molar-refractivity contribution in [3.63, 3.8) is 0 Å². The van der Waals surface area contributed by atoms with Gasteiger partial charge in [-0.05, 0) is 81.7 Å². The van der Waals surface area contributed by atoms with Gasteiger partial charge >= 0.3 is 0 Å². The van der Waals surface area contributed by atoms with E-state index in [4.69, 9.17) is 0 Å². The van der Waals surface area contributed by atoms with Gasteiger partial charge in [0.1, 0.15) is 12.7 Å². The minimum absolute atomic E-state index is 0.428. The van der Waals surface area contributed by atoms with Crippen molar-refractivity contribution >= 4 is 0 Å². The molecule has 5 rings (SSSR count). The van der Waals surface area contributed by atoms with Crippen molar-refractivity contribution in [3.8, 4) is 0 Å². The number of hydrogen-bond acceptors (Lipinski definition) is 10. The van der Waals surface area contributed by atoms with E-state index < -0.39 is 0 Å². The number of nitrogens with one attached hydrogen (secondary N) is 1. The van der Waals surface area contributed by atoms with E-state index in [9.17, 15) is 0 Å². The largest absolute Gasteiger partial charge is 0.318 e. The minimum atomic E-state index is 0.428. The Kier molecular flexibility index (Phi) is 17.2. The summed E-state index contributed by atoms with van der Waals surface area (Å²) >= 11 is 0. The van der Waals surface area contributed by atoms with Gasteiger partial charge < -0.3 is 4.57 Å². The van der Waals surface area contributed by atoms with Crippen LogP contribution in [0.3, 0.4) is 0 Å². The van der Waals surface area contributed by atoms with Gasteiger partial charge in [-0.3, -0.25) is 19.8 Å². The fraction of sp³-hybridized carbons (Fsp3) is 0.741. The van der Waals surface area contributed by atoms with E-state index in [2.05, 4.69) is 116 Å². The van der Waals surface area contributed by atoms with Crippen LogP contribution in [0.15, 0.2) is 53.8 Å². The van der Waals surface area contributed by atoms with Gasteiger partial charge in [0.25, 0.3) is 0 Å². The Labute approximate surface area is 241 Å². The van der Waals surface area contributed by atoms with Crippen LogP contribution < -0.4 is 5.43 Å². The molecule has 0 amide bonds. The summed E-state index contributed by atoms with van der Waals surface area (Å²) in [5.74, 6) is 0. The lowest BCUT2D eigenvalue weighted by Crippen LogP contribution is -2.36. The van der Waals surface area contributed by atoms with Crippen molar-refractivity contribution in [2.24, 2.45) is 10.3 Å². The normalized spacial score (nSPS) is 14.5. The summed E-state index contributed by atoms with van der Waals surface area (Å²) in [5, 5.41) is 30.8. The molecule has 40 heavy (non-hydrogen) atoms. The molecule has 13 heteroatoms. The number of rotatable bonds is 5. The molecule has 0 saturated carbocycles. The third-order valence-corrected chi connectivity index (χ3v) is 5.77. The summed E-state index contributed by atoms with van der Waals surface area (Å²) in [4.78, 5) is 0. The summed E-state index contributed by atoms with van der Waals surface area (Å²) in [5.41, 5.74) is 3.29. The predicted octanol–water partition coefficient (Wildman–Crippen LogP) is 4.86. The SMILES string of the molecule is CC(C)N1CCCN1.CC(C)N1CCN=N1.CC(C)n1cccn1.CC(C)n1ccnn1.CC(C)n1cnnc1. The maximum Gasteiger partial charge on any atom is 0.119 e. The van der Waals surface area contributed by atoms with Crippen LogP contribution in [-0.4, -0.2) is 87.8 Å². The van der Waals surface area contributed by atoms with E-state index in [1.54, 1.807) is 29.7 Å². The zero-order valence-corrected chi connectivity index (χ0v) is 26.3. The average Bonchev–Trinajstić information content (AvgIpc) is 3.74. The second-order valence-corrected chi connectivity index (χ2v) is 10.8. The quantitative estimate of drug-likeness (QED) is 0.470. The molecule has 2 aliphatic heterocycles. The van der Waals surface area contributed by atoms with Gasteiger partial charge in [-0.15, -0.1) is 15.3 Å². The third kappa shape index (κ3) is 14.8. The smallest absolute Gasteiger partial charge is 0.119 e. The molecule has 5 heterocycles. The summed E-state index contributed by atoms with van der Waals surface area (Å²) < 4.78 is 5.67. The number of hydrogen-bond donors (Lipinski definition) is 1. The molecule has 13 nitrogen and oxygen atoms in total. The molecule has 0 aromatic carbocycles. The van der Waals surface area contributed by atoms with Crippen LogP contribution in [0.2, 0.25) is 0 Å². The molecule has 0 unspecified atom stereocenters. The van der Waals surface area contributed by atoms with Crippen LogP contribution in [0.4, 0.5) is 0 Å². The molecule has 0 spiro atoms. The van der Waals surface area contributed by atoms with Crippen molar-refractivity contribution < 1.29 is 0 Å². The molecule has 2 aliphatic rings. The fourth-order valence-electron chi connectivity index (χ4n) is 3.23. The first-order valence-electron chi connectivity index (χ1n) is 14.4. The van der Waals surface area contributed by atoms with Crippen molar-refractivity contribution in [3.05, 3.63) is 43.5 Å². The molecule has 3 aromatic rings. The Hall–Kier alpha value is -3.19. The number of aromatic nitrogens is 8.